The Morgan fingerprint density at radius 1 is 1.11 bits per heavy atom. The van der Waals surface area contributed by atoms with Gasteiger partial charge in [0, 0.05) is 18.0 Å². The third kappa shape index (κ3) is 5.23. The number of primary amides is 1. The predicted molar refractivity (Wildman–Crippen MR) is 108 cm³/mol. The van der Waals surface area contributed by atoms with Crippen LogP contribution in [0.4, 0.5) is 5.69 Å². The van der Waals surface area contributed by atoms with Crippen LogP contribution in [0.25, 0.3) is 0 Å². The second kappa shape index (κ2) is 9.42. The molecular weight excluding hydrogens is 364 g/mol. The zero-order valence-electron chi connectivity index (χ0n) is 15.8. The molecule has 1 atom stereocenters. The molecule has 0 aliphatic carbocycles. The van der Waals surface area contributed by atoms with Gasteiger partial charge in [-0.05, 0) is 35.7 Å². The van der Waals surface area contributed by atoms with Crippen LogP contribution in [0.3, 0.4) is 0 Å². The van der Waals surface area contributed by atoms with E-state index in [4.69, 9.17) is 22.1 Å². The van der Waals surface area contributed by atoms with Gasteiger partial charge in [0.05, 0.1) is 18.7 Å². The van der Waals surface area contributed by atoms with Gasteiger partial charge < -0.3 is 15.4 Å². The first-order valence-electron chi connectivity index (χ1n) is 8.83. The lowest BCUT2D eigenvalue weighted by atomic mass is 9.87. The van der Waals surface area contributed by atoms with Crippen LogP contribution >= 0.6 is 11.6 Å². The fourth-order valence-electron chi connectivity index (χ4n) is 3.07. The molecule has 2 amide bonds. The van der Waals surface area contributed by atoms with Gasteiger partial charge >= 0.3 is 0 Å². The maximum atomic E-state index is 13.5. The molecule has 2 aromatic carbocycles. The summed E-state index contributed by atoms with van der Waals surface area (Å²) in [6, 6.07) is 14.5. The number of para-hydroxylation sites is 2. The molecule has 2 aromatic rings. The Morgan fingerprint density at radius 3 is 2.30 bits per heavy atom. The van der Waals surface area contributed by atoms with Crippen LogP contribution in [0, 0.1) is 5.92 Å². The number of carbonyl (C=O) groups is 2. The molecule has 0 bridgehead atoms. The summed E-state index contributed by atoms with van der Waals surface area (Å²) in [5.41, 5.74) is 6.82. The average Bonchev–Trinajstić information content (AvgIpc) is 2.63. The molecule has 27 heavy (non-hydrogen) atoms. The lowest BCUT2D eigenvalue weighted by Gasteiger charge is -2.30. The van der Waals surface area contributed by atoms with Crippen LogP contribution in [0.5, 0.6) is 5.75 Å². The summed E-state index contributed by atoms with van der Waals surface area (Å²) in [5, 5.41) is 0.615. The minimum Gasteiger partial charge on any atom is -0.495 e. The van der Waals surface area contributed by atoms with Crippen LogP contribution in [0.2, 0.25) is 5.02 Å². The van der Waals surface area contributed by atoms with Crippen LogP contribution in [0.15, 0.2) is 48.5 Å². The third-order valence-corrected chi connectivity index (χ3v) is 4.64. The molecule has 0 spiro atoms. The highest BCUT2D eigenvalue weighted by atomic mass is 35.5. The highest BCUT2D eigenvalue weighted by molar-refractivity contribution is 6.30. The summed E-state index contributed by atoms with van der Waals surface area (Å²) < 4.78 is 5.42. The number of methoxy groups -OCH3 is 1. The van der Waals surface area contributed by atoms with Gasteiger partial charge in [-0.1, -0.05) is 49.7 Å². The fraction of sp³-hybridized carbons (Fsp3) is 0.333. The zero-order valence-corrected chi connectivity index (χ0v) is 16.6. The summed E-state index contributed by atoms with van der Waals surface area (Å²) in [7, 11) is 1.55. The second-order valence-corrected chi connectivity index (χ2v) is 7.09. The van der Waals surface area contributed by atoms with Gasteiger partial charge in [0.1, 0.15) is 5.75 Å². The third-order valence-electron chi connectivity index (χ3n) is 4.39. The van der Waals surface area contributed by atoms with Crippen LogP contribution in [0.1, 0.15) is 31.7 Å². The van der Waals surface area contributed by atoms with E-state index in [0.29, 0.717) is 16.5 Å². The van der Waals surface area contributed by atoms with Crippen molar-refractivity contribution in [2.75, 3.05) is 18.6 Å². The number of hydrogen-bond acceptors (Lipinski definition) is 3. The van der Waals surface area contributed by atoms with Crippen molar-refractivity contribution >= 4 is 29.1 Å². The van der Waals surface area contributed by atoms with Gasteiger partial charge in [0.2, 0.25) is 11.8 Å². The second-order valence-electron chi connectivity index (χ2n) is 6.65. The first-order valence-corrected chi connectivity index (χ1v) is 9.21. The van der Waals surface area contributed by atoms with E-state index in [9.17, 15) is 9.59 Å². The van der Waals surface area contributed by atoms with Crippen molar-refractivity contribution in [3.8, 4) is 5.75 Å². The average molecular weight is 389 g/mol. The monoisotopic (exact) mass is 388 g/mol. The van der Waals surface area contributed by atoms with Gasteiger partial charge in [0.15, 0.2) is 0 Å². The number of anilines is 1. The molecule has 0 aromatic heterocycles. The number of hydrogen-bond donors (Lipinski definition) is 1. The van der Waals surface area contributed by atoms with Crippen molar-refractivity contribution in [3.05, 3.63) is 59.1 Å². The van der Waals surface area contributed by atoms with Gasteiger partial charge in [-0.3, -0.25) is 9.59 Å². The maximum absolute atomic E-state index is 13.5. The van der Waals surface area contributed by atoms with E-state index in [2.05, 4.69) is 0 Å². The van der Waals surface area contributed by atoms with Crippen LogP contribution in [-0.4, -0.2) is 25.5 Å². The van der Waals surface area contributed by atoms with Crippen LogP contribution in [-0.2, 0) is 9.59 Å². The predicted octanol–water partition coefficient (Wildman–Crippen LogP) is 4.00. The molecule has 6 heteroatoms. The number of nitrogens with two attached hydrogens (primary N) is 1. The SMILES string of the molecule is COc1ccccc1N(CCC(N)=O)C(=O)C(c1ccc(Cl)cc1)C(C)C. The molecule has 0 saturated heterocycles. The van der Waals surface area contributed by atoms with E-state index in [-0.39, 0.29) is 30.7 Å². The van der Waals surface area contributed by atoms with E-state index >= 15 is 0 Å². The van der Waals surface area contributed by atoms with Crippen molar-refractivity contribution in [2.24, 2.45) is 11.7 Å². The molecule has 0 saturated carbocycles. The first kappa shape index (κ1) is 20.8. The topological polar surface area (TPSA) is 72.6 Å². The standard InChI is InChI=1S/C21H25ClN2O3/c1-14(2)20(15-8-10-16(22)11-9-15)21(26)24(13-12-19(23)25)17-6-4-5-7-18(17)27-3/h4-11,14,20H,12-13H2,1-3H3,(H2,23,25). The van der Waals surface area contributed by atoms with Gasteiger partial charge in [-0.25, -0.2) is 0 Å². The Kier molecular flexibility index (Phi) is 7.25. The highest BCUT2D eigenvalue weighted by Gasteiger charge is 2.31. The Morgan fingerprint density at radius 2 is 1.74 bits per heavy atom. The molecule has 2 rings (SSSR count). The van der Waals surface area contributed by atoms with Gasteiger partial charge in [-0.15, -0.1) is 0 Å². The van der Waals surface area contributed by atoms with E-state index in [1.807, 2.05) is 38.1 Å². The highest BCUT2D eigenvalue weighted by Crippen LogP contribution is 2.34. The van der Waals surface area contributed by atoms with Crippen molar-refractivity contribution in [3.63, 3.8) is 0 Å². The molecule has 2 N–H and O–H groups in total. The Balaban J connectivity index is 2.46. The zero-order chi connectivity index (χ0) is 20.0. The first-order chi connectivity index (χ1) is 12.8. The lowest BCUT2D eigenvalue weighted by Crippen LogP contribution is -2.39. The Hall–Kier alpha value is -2.53. The number of benzene rings is 2. The van der Waals surface area contributed by atoms with Crippen molar-refractivity contribution in [1.29, 1.82) is 0 Å². The summed E-state index contributed by atoms with van der Waals surface area (Å²) in [4.78, 5) is 26.5. The van der Waals surface area contributed by atoms with Crippen molar-refractivity contribution in [1.82, 2.24) is 0 Å². The summed E-state index contributed by atoms with van der Waals surface area (Å²) in [5.74, 6) is -0.355. The normalized spacial score (nSPS) is 11.9. The number of nitrogens with zero attached hydrogens (tertiary/aromatic N) is 1. The lowest BCUT2D eigenvalue weighted by molar-refractivity contribution is -0.121. The number of rotatable bonds is 8. The maximum Gasteiger partial charge on any atom is 0.234 e. The number of amides is 2. The summed E-state index contributed by atoms with van der Waals surface area (Å²) in [6.45, 7) is 4.17. The molecule has 0 heterocycles. The van der Waals surface area contributed by atoms with Crippen molar-refractivity contribution < 1.29 is 14.3 Å². The van der Waals surface area contributed by atoms with E-state index in [1.54, 1.807) is 36.3 Å². The molecule has 0 radical (unpaired) electrons. The molecule has 144 valence electrons. The largest absolute Gasteiger partial charge is 0.495 e. The number of carbonyl (C=O) groups excluding carboxylic acids is 2. The molecule has 5 nitrogen and oxygen atoms in total. The quantitative estimate of drug-likeness (QED) is 0.742. The van der Waals surface area contributed by atoms with Gasteiger partial charge in [-0.2, -0.15) is 0 Å². The van der Waals surface area contributed by atoms with Crippen molar-refractivity contribution in [2.45, 2.75) is 26.2 Å². The molecule has 0 aliphatic heterocycles. The Labute approximate surface area is 165 Å². The number of halogens is 1. The Bertz CT molecular complexity index is 790. The van der Waals surface area contributed by atoms with Gasteiger partial charge in [0.25, 0.3) is 0 Å². The summed E-state index contributed by atoms with van der Waals surface area (Å²) >= 11 is 5.99. The smallest absolute Gasteiger partial charge is 0.234 e. The van der Waals surface area contributed by atoms with E-state index in [0.717, 1.165) is 5.56 Å². The van der Waals surface area contributed by atoms with Crippen LogP contribution < -0.4 is 15.4 Å². The number of ether oxygens (including phenoxy) is 1. The minimum atomic E-state index is -0.463. The minimum absolute atomic E-state index is 0.0458. The molecule has 0 aliphatic rings. The molecule has 0 fully saturated rings. The summed E-state index contributed by atoms with van der Waals surface area (Å²) in [6.07, 6.45) is 0.0647. The molecular formula is C21H25ClN2O3. The van der Waals surface area contributed by atoms with E-state index in [1.165, 1.54) is 0 Å². The molecule has 1 unspecified atom stereocenters. The fourth-order valence-corrected chi connectivity index (χ4v) is 3.20. The van der Waals surface area contributed by atoms with E-state index < -0.39 is 5.91 Å².